The SMILES string of the molecule is CC(C)CC(CN)NC(=O)c1coc(Br)c1.Cl. The molecule has 1 aromatic heterocycles. The number of hydrogen-bond donors (Lipinski definition) is 2. The van der Waals surface area contributed by atoms with E-state index in [0.717, 1.165) is 6.42 Å². The zero-order chi connectivity index (χ0) is 12.1. The standard InChI is InChI=1S/C11H17BrN2O2.ClH/c1-7(2)3-9(5-13)14-11(15)8-4-10(12)16-6-8;/h4,6-7,9H,3,5,13H2,1-2H3,(H,14,15);1H. The number of hydrogen-bond acceptors (Lipinski definition) is 3. The Bertz CT molecular complexity index is 355. The number of carbonyl (C=O) groups is 1. The van der Waals surface area contributed by atoms with Crippen LogP contribution in [-0.4, -0.2) is 18.5 Å². The Morgan fingerprint density at radius 1 is 1.59 bits per heavy atom. The van der Waals surface area contributed by atoms with Gasteiger partial charge in [0, 0.05) is 18.7 Å². The molecular weight excluding hydrogens is 307 g/mol. The van der Waals surface area contributed by atoms with Crippen LogP contribution in [0, 0.1) is 5.92 Å². The van der Waals surface area contributed by atoms with Gasteiger partial charge in [-0.25, -0.2) is 0 Å². The summed E-state index contributed by atoms with van der Waals surface area (Å²) in [5.41, 5.74) is 6.11. The van der Waals surface area contributed by atoms with E-state index in [1.165, 1.54) is 6.26 Å². The highest BCUT2D eigenvalue weighted by Crippen LogP contribution is 2.14. The summed E-state index contributed by atoms with van der Waals surface area (Å²) in [7, 11) is 0. The first kappa shape index (κ1) is 16.5. The highest BCUT2D eigenvalue weighted by Gasteiger charge is 2.15. The monoisotopic (exact) mass is 324 g/mol. The van der Waals surface area contributed by atoms with E-state index >= 15 is 0 Å². The van der Waals surface area contributed by atoms with Crippen LogP contribution in [0.4, 0.5) is 0 Å². The molecule has 6 heteroatoms. The Kier molecular flexibility index (Phi) is 7.50. The van der Waals surface area contributed by atoms with Crippen molar-refractivity contribution in [3.05, 3.63) is 22.6 Å². The third kappa shape index (κ3) is 5.57. The van der Waals surface area contributed by atoms with E-state index in [1.54, 1.807) is 6.07 Å². The summed E-state index contributed by atoms with van der Waals surface area (Å²) in [5, 5.41) is 2.88. The number of amides is 1. The van der Waals surface area contributed by atoms with Gasteiger partial charge in [0.25, 0.3) is 5.91 Å². The average molecular weight is 326 g/mol. The summed E-state index contributed by atoms with van der Waals surface area (Å²) >= 11 is 3.15. The number of rotatable bonds is 5. The van der Waals surface area contributed by atoms with Crippen LogP contribution in [0.15, 0.2) is 21.4 Å². The molecule has 0 bridgehead atoms. The van der Waals surface area contributed by atoms with E-state index in [4.69, 9.17) is 10.2 Å². The number of nitrogens with one attached hydrogen (secondary N) is 1. The quantitative estimate of drug-likeness (QED) is 0.874. The zero-order valence-corrected chi connectivity index (χ0v) is 12.3. The van der Waals surface area contributed by atoms with Gasteiger partial charge in [-0.3, -0.25) is 4.79 Å². The van der Waals surface area contributed by atoms with Crippen molar-refractivity contribution < 1.29 is 9.21 Å². The number of furan rings is 1. The van der Waals surface area contributed by atoms with Crippen LogP contribution < -0.4 is 11.1 Å². The van der Waals surface area contributed by atoms with Gasteiger partial charge < -0.3 is 15.5 Å². The van der Waals surface area contributed by atoms with E-state index in [2.05, 4.69) is 35.1 Å². The molecular formula is C11H18BrClN2O2. The van der Waals surface area contributed by atoms with E-state index in [1.807, 2.05) is 0 Å². The zero-order valence-electron chi connectivity index (χ0n) is 9.90. The summed E-state index contributed by atoms with van der Waals surface area (Å²) in [6, 6.07) is 1.65. The molecule has 0 saturated carbocycles. The molecule has 1 atom stereocenters. The lowest BCUT2D eigenvalue weighted by atomic mass is 10.0. The lowest BCUT2D eigenvalue weighted by molar-refractivity contribution is 0.0933. The van der Waals surface area contributed by atoms with Gasteiger partial charge in [0.1, 0.15) is 6.26 Å². The Morgan fingerprint density at radius 3 is 2.65 bits per heavy atom. The van der Waals surface area contributed by atoms with E-state index in [9.17, 15) is 4.79 Å². The number of carbonyl (C=O) groups excluding carboxylic acids is 1. The van der Waals surface area contributed by atoms with Gasteiger partial charge in [0.05, 0.1) is 5.56 Å². The predicted octanol–water partition coefficient (Wildman–Crippen LogP) is 2.57. The van der Waals surface area contributed by atoms with Crippen molar-refractivity contribution in [1.29, 1.82) is 0 Å². The number of halogens is 2. The average Bonchev–Trinajstić information content (AvgIpc) is 2.63. The fourth-order valence-electron chi connectivity index (χ4n) is 1.48. The van der Waals surface area contributed by atoms with Crippen molar-refractivity contribution >= 4 is 34.2 Å². The van der Waals surface area contributed by atoms with E-state index in [-0.39, 0.29) is 24.4 Å². The van der Waals surface area contributed by atoms with Crippen LogP contribution in [0.1, 0.15) is 30.6 Å². The molecule has 0 fully saturated rings. The van der Waals surface area contributed by atoms with Crippen molar-refractivity contribution in [3.8, 4) is 0 Å². The van der Waals surface area contributed by atoms with Gasteiger partial charge in [-0.2, -0.15) is 0 Å². The fourth-order valence-corrected chi connectivity index (χ4v) is 1.82. The maximum Gasteiger partial charge on any atom is 0.254 e. The first-order valence-electron chi connectivity index (χ1n) is 5.28. The van der Waals surface area contributed by atoms with Gasteiger partial charge in [-0.1, -0.05) is 13.8 Å². The third-order valence-electron chi connectivity index (χ3n) is 2.21. The predicted molar refractivity (Wildman–Crippen MR) is 73.4 cm³/mol. The highest BCUT2D eigenvalue weighted by atomic mass is 79.9. The van der Waals surface area contributed by atoms with Crippen LogP contribution in [0.2, 0.25) is 0 Å². The second-order valence-corrected chi connectivity index (χ2v) is 4.96. The minimum Gasteiger partial charge on any atom is -0.457 e. The molecule has 1 amide bonds. The molecule has 1 unspecified atom stereocenters. The van der Waals surface area contributed by atoms with Crippen molar-refractivity contribution in [2.45, 2.75) is 26.3 Å². The smallest absolute Gasteiger partial charge is 0.254 e. The highest BCUT2D eigenvalue weighted by molar-refractivity contribution is 9.10. The van der Waals surface area contributed by atoms with Crippen molar-refractivity contribution in [1.82, 2.24) is 5.32 Å². The Morgan fingerprint density at radius 2 is 2.24 bits per heavy atom. The summed E-state index contributed by atoms with van der Waals surface area (Å²) in [4.78, 5) is 11.8. The lowest BCUT2D eigenvalue weighted by Crippen LogP contribution is -2.40. The van der Waals surface area contributed by atoms with Crippen molar-refractivity contribution in [2.75, 3.05) is 6.54 Å². The molecule has 0 aromatic carbocycles. The molecule has 0 spiro atoms. The molecule has 3 N–H and O–H groups in total. The Balaban J connectivity index is 0.00000256. The first-order valence-corrected chi connectivity index (χ1v) is 6.07. The first-order chi connectivity index (χ1) is 7.52. The Hall–Kier alpha value is -0.520. The van der Waals surface area contributed by atoms with Crippen molar-refractivity contribution in [3.63, 3.8) is 0 Å². The lowest BCUT2D eigenvalue weighted by Gasteiger charge is -2.18. The molecule has 0 aliphatic carbocycles. The topological polar surface area (TPSA) is 68.3 Å². The largest absolute Gasteiger partial charge is 0.457 e. The molecule has 0 saturated heterocycles. The minimum absolute atomic E-state index is 0. The Labute approximate surface area is 116 Å². The second kappa shape index (κ2) is 7.74. The summed E-state index contributed by atoms with van der Waals surface area (Å²) in [6.07, 6.45) is 2.30. The molecule has 0 aliphatic heterocycles. The van der Waals surface area contributed by atoms with E-state index < -0.39 is 0 Å². The summed E-state index contributed by atoms with van der Waals surface area (Å²) in [6.45, 7) is 4.65. The number of nitrogens with two attached hydrogens (primary N) is 1. The molecule has 1 heterocycles. The molecule has 17 heavy (non-hydrogen) atoms. The minimum atomic E-state index is -0.148. The van der Waals surface area contributed by atoms with Gasteiger partial charge in [0.2, 0.25) is 0 Å². The normalized spacial score (nSPS) is 12.1. The molecule has 0 radical (unpaired) electrons. The molecule has 4 nitrogen and oxygen atoms in total. The molecule has 0 aliphatic rings. The maximum absolute atomic E-state index is 11.8. The van der Waals surface area contributed by atoms with Crippen LogP contribution in [0.5, 0.6) is 0 Å². The third-order valence-corrected chi connectivity index (χ3v) is 2.62. The van der Waals surface area contributed by atoms with Crippen LogP contribution >= 0.6 is 28.3 Å². The summed E-state index contributed by atoms with van der Waals surface area (Å²) in [5.74, 6) is 0.357. The molecule has 1 aromatic rings. The maximum atomic E-state index is 11.8. The molecule has 1 rings (SSSR count). The van der Waals surface area contributed by atoms with Gasteiger partial charge in [-0.15, -0.1) is 12.4 Å². The van der Waals surface area contributed by atoms with Crippen LogP contribution in [-0.2, 0) is 0 Å². The van der Waals surface area contributed by atoms with Crippen LogP contribution in [0.25, 0.3) is 0 Å². The second-order valence-electron chi connectivity index (χ2n) is 4.18. The fraction of sp³-hybridized carbons (Fsp3) is 0.545. The van der Waals surface area contributed by atoms with Gasteiger partial charge >= 0.3 is 0 Å². The molecule has 98 valence electrons. The van der Waals surface area contributed by atoms with Gasteiger partial charge in [-0.05, 0) is 28.3 Å². The van der Waals surface area contributed by atoms with Gasteiger partial charge in [0.15, 0.2) is 4.67 Å². The van der Waals surface area contributed by atoms with Crippen molar-refractivity contribution in [2.24, 2.45) is 11.7 Å². The van der Waals surface area contributed by atoms with E-state index in [0.29, 0.717) is 22.7 Å². The summed E-state index contributed by atoms with van der Waals surface area (Å²) < 4.78 is 5.55. The van der Waals surface area contributed by atoms with Crippen LogP contribution in [0.3, 0.4) is 0 Å².